The van der Waals surface area contributed by atoms with Gasteiger partial charge in [0.2, 0.25) is 0 Å². The second-order valence-corrected chi connectivity index (χ2v) is 6.94. The molecule has 0 N–H and O–H groups in total. The topological polar surface area (TPSA) is 32.7 Å². The van der Waals surface area contributed by atoms with Gasteiger partial charge in [0.15, 0.2) is 5.17 Å². The summed E-state index contributed by atoms with van der Waals surface area (Å²) in [5.74, 6) is 2.10. The molecule has 0 spiro atoms. The third kappa shape index (κ3) is 4.51. The van der Waals surface area contributed by atoms with Crippen LogP contribution in [0, 0.1) is 0 Å². The summed E-state index contributed by atoms with van der Waals surface area (Å²) in [6.07, 6.45) is 5.77. The van der Waals surface area contributed by atoms with Crippen LogP contribution in [0.4, 0.5) is 0 Å². The number of carbonyl (C=O) groups is 1. The molecule has 3 rings (SSSR count). The number of thioether (sulfide) groups is 2. The number of benzene rings is 1. The molecule has 0 saturated carbocycles. The summed E-state index contributed by atoms with van der Waals surface area (Å²) in [5, 5.41) is 0.861. The molecule has 2 aliphatic heterocycles. The van der Waals surface area contributed by atoms with Crippen LogP contribution in [0.5, 0.6) is 0 Å². The van der Waals surface area contributed by atoms with E-state index >= 15 is 0 Å². The number of hydrogen-bond acceptors (Lipinski definition) is 4. The van der Waals surface area contributed by atoms with Crippen molar-refractivity contribution in [1.82, 2.24) is 4.90 Å². The molecule has 116 valence electrons. The molecule has 1 aromatic rings. The zero-order chi connectivity index (χ0) is 14.5. The van der Waals surface area contributed by atoms with Gasteiger partial charge in [0.05, 0.1) is 4.91 Å². The maximum Gasteiger partial charge on any atom is 0.286 e. The van der Waals surface area contributed by atoms with Crippen LogP contribution in [0.15, 0.2) is 52.4 Å². The smallest absolute Gasteiger partial charge is 0.286 e. The van der Waals surface area contributed by atoms with Crippen molar-refractivity contribution >= 4 is 57.7 Å². The average Bonchev–Trinajstić information content (AvgIpc) is 2.91. The van der Waals surface area contributed by atoms with Crippen molar-refractivity contribution in [3.63, 3.8) is 0 Å². The van der Waals surface area contributed by atoms with Gasteiger partial charge in [-0.25, -0.2) is 0 Å². The van der Waals surface area contributed by atoms with Gasteiger partial charge < -0.3 is 4.90 Å². The lowest BCUT2D eigenvalue weighted by Gasteiger charge is -2.26. The van der Waals surface area contributed by atoms with E-state index in [0.717, 1.165) is 35.3 Å². The Balaban J connectivity index is 0.00000176. The van der Waals surface area contributed by atoms with Gasteiger partial charge >= 0.3 is 0 Å². The van der Waals surface area contributed by atoms with Gasteiger partial charge in [-0.2, -0.15) is 16.8 Å². The Morgan fingerprint density at radius 3 is 2.59 bits per heavy atom. The molecule has 0 bridgehead atoms. The summed E-state index contributed by atoms with van der Waals surface area (Å²) in [5.41, 5.74) is 1.12. The molecule has 2 heterocycles. The van der Waals surface area contributed by atoms with E-state index in [0.29, 0.717) is 4.91 Å². The highest BCUT2D eigenvalue weighted by atomic mass is 79.9. The highest BCUT2D eigenvalue weighted by Crippen LogP contribution is 2.29. The Hall–Kier alpha value is -0.980. The molecular weight excluding hydrogens is 380 g/mol. The Bertz CT molecular complexity index is 608. The standard InChI is InChI=1S/C16H16N2OS2.BrH/c19-15-14(8-4-7-13-5-2-1-3-6-13)21-16(17-15)18-9-11-20-12-10-18;/h1-8H,9-12H2;1H. The molecule has 1 amide bonds. The van der Waals surface area contributed by atoms with Crippen molar-refractivity contribution in [2.45, 2.75) is 0 Å². The van der Waals surface area contributed by atoms with Crippen molar-refractivity contribution in [3.05, 3.63) is 53.0 Å². The molecule has 1 fully saturated rings. The highest BCUT2D eigenvalue weighted by Gasteiger charge is 2.26. The first-order valence-electron chi connectivity index (χ1n) is 6.90. The Kier molecular flexibility index (Phi) is 6.79. The molecule has 1 saturated heterocycles. The predicted molar refractivity (Wildman–Crippen MR) is 103 cm³/mol. The molecule has 6 heteroatoms. The molecule has 0 radical (unpaired) electrons. The van der Waals surface area contributed by atoms with Crippen LogP contribution in [-0.2, 0) is 4.79 Å². The first-order chi connectivity index (χ1) is 10.3. The van der Waals surface area contributed by atoms with Crippen molar-refractivity contribution in [2.75, 3.05) is 24.6 Å². The van der Waals surface area contributed by atoms with E-state index in [-0.39, 0.29) is 22.9 Å². The van der Waals surface area contributed by atoms with Gasteiger partial charge in [-0.05, 0) is 23.4 Å². The second kappa shape index (κ2) is 8.60. The summed E-state index contributed by atoms with van der Waals surface area (Å²) < 4.78 is 0. The van der Waals surface area contributed by atoms with Gasteiger partial charge in [0.1, 0.15) is 0 Å². The van der Waals surface area contributed by atoms with E-state index in [9.17, 15) is 4.79 Å². The van der Waals surface area contributed by atoms with Crippen molar-refractivity contribution in [3.8, 4) is 0 Å². The summed E-state index contributed by atoms with van der Waals surface area (Å²) in [4.78, 5) is 19.0. The van der Waals surface area contributed by atoms with E-state index in [1.807, 2.05) is 60.3 Å². The quantitative estimate of drug-likeness (QED) is 0.710. The summed E-state index contributed by atoms with van der Waals surface area (Å²) >= 11 is 3.44. The zero-order valence-corrected chi connectivity index (χ0v) is 15.3. The van der Waals surface area contributed by atoms with Crippen LogP contribution in [0.2, 0.25) is 0 Å². The lowest BCUT2D eigenvalue weighted by Crippen LogP contribution is -2.35. The number of amidine groups is 1. The molecule has 2 aliphatic rings. The Morgan fingerprint density at radius 1 is 1.14 bits per heavy atom. The minimum atomic E-state index is -0.120. The summed E-state index contributed by atoms with van der Waals surface area (Å²) in [7, 11) is 0. The molecule has 0 aromatic heterocycles. The van der Waals surface area contributed by atoms with Crippen LogP contribution in [0.1, 0.15) is 5.56 Å². The third-order valence-electron chi connectivity index (χ3n) is 3.23. The fraction of sp³-hybridized carbons (Fsp3) is 0.250. The van der Waals surface area contributed by atoms with E-state index < -0.39 is 0 Å². The molecule has 3 nitrogen and oxygen atoms in total. The number of hydrogen-bond donors (Lipinski definition) is 0. The summed E-state index contributed by atoms with van der Waals surface area (Å²) in [6, 6.07) is 10.1. The zero-order valence-electron chi connectivity index (χ0n) is 12.0. The third-order valence-corrected chi connectivity index (χ3v) is 5.23. The van der Waals surface area contributed by atoms with Crippen molar-refractivity contribution < 1.29 is 4.79 Å². The maximum atomic E-state index is 11.9. The van der Waals surface area contributed by atoms with E-state index in [1.54, 1.807) is 0 Å². The van der Waals surface area contributed by atoms with Crippen LogP contribution in [0.25, 0.3) is 6.08 Å². The van der Waals surface area contributed by atoms with Gasteiger partial charge in [-0.3, -0.25) is 4.79 Å². The minimum Gasteiger partial charge on any atom is -0.349 e. The van der Waals surface area contributed by atoms with E-state index in [4.69, 9.17) is 0 Å². The van der Waals surface area contributed by atoms with Crippen molar-refractivity contribution in [1.29, 1.82) is 0 Å². The van der Waals surface area contributed by atoms with Crippen LogP contribution < -0.4 is 0 Å². The highest BCUT2D eigenvalue weighted by molar-refractivity contribution is 8.93. The van der Waals surface area contributed by atoms with Crippen LogP contribution in [0.3, 0.4) is 0 Å². The minimum absolute atomic E-state index is 0. The predicted octanol–water partition coefficient (Wildman–Crippen LogP) is 3.84. The number of allylic oxidation sites excluding steroid dienone is 2. The summed E-state index contributed by atoms with van der Waals surface area (Å²) in [6.45, 7) is 1.97. The number of carbonyl (C=O) groups excluding carboxylic acids is 1. The monoisotopic (exact) mass is 396 g/mol. The number of halogens is 1. The van der Waals surface area contributed by atoms with E-state index in [2.05, 4.69) is 9.89 Å². The number of aliphatic imine (C=N–C) groups is 1. The normalized spacial score (nSPS) is 20.4. The molecule has 0 unspecified atom stereocenters. The van der Waals surface area contributed by atoms with Gasteiger partial charge in [0.25, 0.3) is 5.91 Å². The molecule has 1 aromatic carbocycles. The van der Waals surface area contributed by atoms with E-state index in [1.165, 1.54) is 11.8 Å². The fourth-order valence-electron chi connectivity index (χ4n) is 2.11. The first-order valence-corrected chi connectivity index (χ1v) is 8.87. The number of amides is 1. The van der Waals surface area contributed by atoms with Gasteiger partial charge in [0, 0.05) is 24.6 Å². The number of rotatable bonds is 2. The van der Waals surface area contributed by atoms with Crippen LogP contribution in [-0.4, -0.2) is 40.6 Å². The second-order valence-electron chi connectivity index (χ2n) is 4.70. The van der Waals surface area contributed by atoms with Gasteiger partial charge in [-0.1, -0.05) is 42.5 Å². The molecular formula is C16H17BrN2OS2. The molecule has 0 atom stereocenters. The fourth-order valence-corrected chi connectivity index (χ4v) is 3.93. The Labute approximate surface area is 149 Å². The largest absolute Gasteiger partial charge is 0.349 e. The number of nitrogens with zero attached hydrogens (tertiary/aromatic N) is 2. The maximum absolute atomic E-state index is 11.9. The van der Waals surface area contributed by atoms with Gasteiger partial charge in [-0.15, -0.1) is 17.0 Å². The molecule has 0 aliphatic carbocycles. The SMILES string of the molecule is Br.O=C1N=C(N2CCSCC2)SC1=CC=Cc1ccccc1. The van der Waals surface area contributed by atoms with Crippen LogP contribution >= 0.6 is 40.5 Å². The lowest BCUT2D eigenvalue weighted by molar-refractivity contribution is -0.113. The first kappa shape index (κ1) is 17.4. The average molecular weight is 397 g/mol. The Morgan fingerprint density at radius 2 is 1.86 bits per heavy atom. The lowest BCUT2D eigenvalue weighted by atomic mass is 10.2. The van der Waals surface area contributed by atoms with Crippen molar-refractivity contribution in [2.24, 2.45) is 4.99 Å². The molecule has 22 heavy (non-hydrogen) atoms.